The Balaban J connectivity index is 0.000000279. The van der Waals surface area contributed by atoms with Crippen LogP contribution < -0.4 is 11.5 Å². The number of aromatic nitrogens is 2. The number of nitrogens with two attached hydrogens (primary N) is 2. The third-order valence-corrected chi connectivity index (χ3v) is 17.9. The first-order valence-corrected chi connectivity index (χ1v) is 35.8. The summed E-state index contributed by atoms with van der Waals surface area (Å²) in [5.74, 6) is -8.24. The van der Waals surface area contributed by atoms with Gasteiger partial charge in [0.05, 0.1) is 29.7 Å². The Kier molecular flexibility index (Phi) is 38.1. The lowest BCUT2D eigenvalue weighted by molar-refractivity contribution is -0.144. The van der Waals surface area contributed by atoms with Crippen molar-refractivity contribution < 1.29 is 76.4 Å². The number of primary amides is 2. The lowest BCUT2D eigenvalue weighted by Gasteiger charge is -2.18. The number of hydrogen-bond donors (Lipinski definition) is 5. The summed E-state index contributed by atoms with van der Waals surface area (Å²) in [6.07, 6.45) is 6.22. The van der Waals surface area contributed by atoms with Crippen LogP contribution in [0.2, 0.25) is 0 Å². The summed E-state index contributed by atoms with van der Waals surface area (Å²) in [6, 6.07) is 48.1. The molecule has 0 fully saturated rings. The second kappa shape index (κ2) is 45.8. The van der Waals surface area contributed by atoms with E-state index >= 15 is 0 Å². The highest BCUT2D eigenvalue weighted by molar-refractivity contribution is 9.10. The number of halogens is 4. The SMILES string of the molecule is CCC(C)C(CC(=O)Cc1ccc(C)cc1F)C(N)=O.CCCC(CC(=O)Cc1ccc(Br)cc1F)C(N)=O.CCCC(CC(=O)Cc1ccc(C)cc1F)C(=O)O.Cc1ccc2nc(CC(=O)CC(Cc3ccccc3)C(=O)O)ncc2c1.O=C(Cc1ccccc1)CC(Cc1ccccc1)C(=O)O. The van der Waals surface area contributed by atoms with Crippen LogP contribution >= 0.6 is 15.9 Å². The Morgan fingerprint density at radius 1 is 0.438 bits per heavy atom. The highest BCUT2D eigenvalue weighted by atomic mass is 79.9. The Morgan fingerprint density at radius 2 is 0.819 bits per heavy atom. The number of nitrogens with zero attached hydrogens (tertiary/aromatic N) is 2. The molecule has 6 atom stereocenters. The summed E-state index contributed by atoms with van der Waals surface area (Å²) in [7, 11) is 0. The van der Waals surface area contributed by atoms with Gasteiger partial charge in [-0.25, -0.2) is 23.1 Å². The van der Waals surface area contributed by atoms with Gasteiger partial charge in [0.1, 0.15) is 52.2 Å². The predicted octanol–water partition coefficient (Wildman–Crippen LogP) is 15.4. The zero-order valence-corrected chi connectivity index (χ0v) is 62.2. The van der Waals surface area contributed by atoms with Gasteiger partial charge >= 0.3 is 17.9 Å². The van der Waals surface area contributed by atoms with Gasteiger partial charge in [-0.05, 0) is 133 Å². The molecule has 17 nitrogen and oxygen atoms in total. The molecule has 0 saturated carbocycles. The Bertz CT molecular complexity index is 4110. The topological polar surface area (TPSA) is 309 Å². The number of Topliss-reactive ketones (excluding diaryl/α,β-unsaturated/α-hetero) is 5. The second-order valence-corrected chi connectivity index (χ2v) is 27.3. The predicted molar refractivity (Wildman–Crippen MR) is 402 cm³/mol. The molecule has 0 saturated heterocycles. The van der Waals surface area contributed by atoms with Crippen molar-refractivity contribution in [3.8, 4) is 0 Å². The molecular weight excluding hydrogens is 1410 g/mol. The molecule has 105 heavy (non-hydrogen) atoms. The van der Waals surface area contributed by atoms with E-state index in [1.165, 1.54) is 18.2 Å². The molecule has 6 unspecified atom stereocenters. The van der Waals surface area contributed by atoms with Crippen LogP contribution in [0.5, 0.6) is 0 Å². The minimum Gasteiger partial charge on any atom is -0.481 e. The van der Waals surface area contributed by atoms with Crippen LogP contribution in [-0.4, -0.2) is 83.9 Å². The molecule has 0 aliphatic carbocycles. The summed E-state index contributed by atoms with van der Waals surface area (Å²) in [5, 5.41) is 28.6. The van der Waals surface area contributed by atoms with Crippen LogP contribution in [0.15, 0.2) is 174 Å². The molecule has 7 N–H and O–H groups in total. The summed E-state index contributed by atoms with van der Waals surface area (Å²) in [6.45, 7) is 13.2. The number of carbonyl (C=O) groups is 10. The molecule has 7 aromatic carbocycles. The van der Waals surface area contributed by atoms with Gasteiger partial charge in [-0.1, -0.05) is 196 Å². The van der Waals surface area contributed by atoms with E-state index in [9.17, 15) is 71.3 Å². The second-order valence-electron chi connectivity index (χ2n) is 26.4. The van der Waals surface area contributed by atoms with E-state index in [-0.39, 0.29) is 98.4 Å². The first kappa shape index (κ1) is 87.3. The highest BCUT2D eigenvalue weighted by Crippen LogP contribution is 2.24. The molecule has 0 bridgehead atoms. The van der Waals surface area contributed by atoms with Gasteiger partial charge in [-0.15, -0.1) is 0 Å². The normalized spacial score (nSPS) is 12.4. The number of benzene rings is 7. The molecule has 2 amide bonds. The summed E-state index contributed by atoms with van der Waals surface area (Å²) < 4.78 is 41.5. The zero-order valence-electron chi connectivity index (χ0n) is 60.6. The number of carboxylic acids is 3. The third-order valence-electron chi connectivity index (χ3n) is 17.4. The first-order chi connectivity index (χ1) is 49.9. The van der Waals surface area contributed by atoms with Crippen LogP contribution in [0.25, 0.3) is 10.9 Å². The number of carboxylic acid groups (broad SMARTS) is 3. The van der Waals surface area contributed by atoms with Crippen molar-refractivity contribution in [2.75, 3.05) is 0 Å². The summed E-state index contributed by atoms with van der Waals surface area (Å²) in [5.41, 5.74) is 17.9. The van der Waals surface area contributed by atoms with Crippen molar-refractivity contribution in [3.05, 3.63) is 248 Å². The third kappa shape index (κ3) is 33.0. The monoisotopic (exact) mass is 1500 g/mol. The van der Waals surface area contributed by atoms with Crippen molar-refractivity contribution in [1.82, 2.24) is 9.97 Å². The number of hydrogen-bond acceptors (Lipinski definition) is 12. The standard InChI is InChI=1S/C21H20N2O3.C18H18O3.C16H22FNO2.C15H19FO3.C14H17BrFNO2/c1-14-7-8-19-17(9-14)13-22-20(23-19)12-18(24)11-16(21(25)26)10-15-5-3-2-4-6-15;19-17(12-15-9-5-2-6-10-15)13-16(18(20)21)11-14-7-3-1-4-8-14;1-4-11(3)14(16(18)20)9-13(19)8-12-6-5-10(2)7-15(12)17;1-3-4-12(15(18)19)9-13(17)8-11-6-5-10(2)7-14(11)16;1-2-3-10(14(17)19)7-12(18)6-9-4-5-11(15)8-13(9)16/h2-9,13,16H,10-12H2,1H3,(H,25,26);1-10,16H,11-13H2,(H,20,21);5-7,11,14H,4,8-9H2,1-3H3,(H2,18,20);5-7,12H,3-4,8-9H2,1-2H3,(H,18,19);4-5,8,10H,2-3,6-7H2,1H3,(H2,17,19). The fourth-order valence-electron chi connectivity index (χ4n) is 11.4. The van der Waals surface area contributed by atoms with Gasteiger partial charge < -0.3 is 26.8 Å². The lowest BCUT2D eigenvalue weighted by Crippen LogP contribution is -2.31. The largest absolute Gasteiger partial charge is 0.481 e. The number of aryl methyl sites for hydroxylation is 3. The van der Waals surface area contributed by atoms with Crippen molar-refractivity contribution in [1.29, 1.82) is 0 Å². The molecule has 558 valence electrons. The van der Waals surface area contributed by atoms with Crippen LogP contribution in [0.3, 0.4) is 0 Å². The number of aliphatic carboxylic acids is 3. The van der Waals surface area contributed by atoms with Crippen molar-refractivity contribution in [2.24, 2.45) is 47.0 Å². The fraction of sp³-hybridized carbons (Fsp3) is 0.357. The van der Waals surface area contributed by atoms with E-state index in [1.54, 1.807) is 56.4 Å². The van der Waals surface area contributed by atoms with Crippen molar-refractivity contribution >= 4 is 85.5 Å². The maximum Gasteiger partial charge on any atom is 0.307 e. The molecule has 0 radical (unpaired) electrons. The smallest absolute Gasteiger partial charge is 0.307 e. The molecule has 1 heterocycles. The van der Waals surface area contributed by atoms with Crippen LogP contribution in [0.4, 0.5) is 13.2 Å². The average molecular weight is 1510 g/mol. The van der Waals surface area contributed by atoms with Crippen LogP contribution in [0.1, 0.15) is 148 Å². The Labute approximate surface area is 621 Å². The van der Waals surface area contributed by atoms with E-state index in [2.05, 4.69) is 25.9 Å². The quantitative estimate of drug-likeness (QED) is 0.0247. The minimum absolute atomic E-state index is 0.00628. The molecule has 1 aromatic heterocycles. The van der Waals surface area contributed by atoms with Gasteiger partial charge in [-0.3, -0.25) is 47.9 Å². The molecule has 8 aromatic rings. The maximum atomic E-state index is 13.7. The van der Waals surface area contributed by atoms with E-state index in [1.807, 2.05) is 144 Å². The lowest BCUT2D eigenvalue weighted by atomic mass is 9.86. The number of carbonyl (C=O) groups excluding carboxylic acids is 7. The van der Waals surface area contributed by atoms with Gasteiger partial charge in [0.2, 0.25) is 11.8 Å². The number of ketones is 5. The number of fused-ring (bicyclic) bond motifs is 1. The first-order valence-electron chi connectivity index (χ1n) is 35.0. The number of rotatable bonds is 35. The highest BCUT2D eigenvalue weighted by Gasteiger charge is 2.27. The molecule has 8 rings (SSSR count). The average Bonchev–Trinajstić information content (AvgIpc) is 0.847. The Morgan fingerprint density at radius 3 is 1.24 bits per heavy atom. The van der Waals surface area contributed by atoms with Gasteiger partial charge in [0, 0.05) is 85.7 Å². The van der Waals surface area contributed by atoms with Crippen molar-refractivity contribution in [3.63, 3.8) is 0 Å². The van der Waals surface area contributed by atoms with E-state index < -0.39 is 70.9 Å². The van der Waals surface area contributed by atoms with Gasteiger partial charge in [0.15, 0.2) is 0 Å². The van der Waals surface area contributed by atoms with E-state index in [4.69, 9.17) is 16.6 Å². The van der Waals surface area contributed by atoms with Crippen LogP contribution in [0, 0.1) is 73.7 Å². The van der Waals surface area contributed by atoms with Gasteiger partial charge in [0.25, 0.3) is 0 Å². The summed E-state index contributed by atoms with van der Waals surface area (Å²) >= 11 is 3.16. The number of amides is 2. The van der Waals surface area contributed by atoms with E-state index in [0.29, 0.717) is 65.5 Å². The molecule has 21 heteroatoms. The van der Waals surface area contributed by atoms with E-state index in [0.717, 1.165) is 57.1 Å². The zero-order chi connectivity index (χ0) is 77.7. The summed E-state index contributed by atoms with van der Waals surface area (Å²) in [4.78, 5) is 125. The molecule has 0 spiro atoms. The molecule has 0 aliphatic heterocycles. The fourth-order valence-corrected chi connectivity index (χ4v) is 11.7. The molecule has 0 aliphatic rings. The van der Waals surface area contributed by atoms with Gasteiger partial charge in [-0.2, -0.15) is 0 Å². The van der Waals surface area contributed by atoms with Crippen molar-refractivity contribution in [2.45, 2.75) is 158 Å². The van der Waals surface area contributed by atoms with Crippen LogP contribution in [-0.2, 0) is 92.9 Å². The Hall–Kier alpha value is -10.2. The minimum atomic E-state index is -0.961. The molecular formula is C84H96BrF3N4O13. The maximum absolute atomic E-state index is 13.7.